The van der Waals surface area contributed by atoms with Crippen LogP contribution >= 0.6 is 24.0 Å². The zero-order chi connectivity index (χ0) is 22.1. The average Bonchev–Trinajstić information content (AvgIpc) is 3.03. The van der Waals surface area contributed by atoms with Crippen LogP contribution in [0.3, 0.4) is 0 Å². The van der Waals surface area contributed by atoms with E-state index in [1.807, 2.05) is 49.4 Å². The largest absolute Gasteiger partial charge is 0.379 e. The third-order valence-electron chi connectivity index (χ3n) is 5.07. The molecule has 2 heterocycles. The highest BCUT2D eigenvalue weighted by Crippen LogP contribution is 2.32. The van der Waals surface area contributed by atoms with Crippen LogP contribution in [0, 0.1) is 0 Å². The number of thioether (sulfide) groups is 1. The smallest absolute Gasteiger partial charge is 0.266 e. The van der Waals surface area contributed by atoms with Crippen molar-refractivity contribution in [2.45, 2.75) is 19.8 Å². The molecule has 166 valence electrons. The minimum absolute atomic E-state index is 0.0554. The van der Waals surface area contributed by atoms with Gasteiger partial charge in [-0.25, -0.2) is 0 Å². The third-order valence-corrected chi connectivity index (χ3v) is 6.44. The minimum atomic E-state index is -0.129. The molecule has 1 aromatic rings. The van der Waals surface area contributed by atoms with Gasteiger partial charge in [-0.3, -0.25) is 19.4 Å². The monoisotopic (exact) mass is 459 g/mol. The van der Waals surface area contributed by atoms with Gasteiger partial charge in [-0.2, -0.15) is 0 Å². The zero-order valence-electron chi connectivity index (χ0n) is 17.8. The molecule has 3 rings (SSSR count). The summed E-state index contributed by atoms with van der Waals surface area (Å²) in [7, 11) is 0. The Hall–Kier alpha value is -2.00. The van der Waals surface area contributed by atoms with Crippen molar-refractivity contribution in [1.82, 2.24) is 15.1 Å². The molecule has 0 aliphatic carbocycles. The molecule has 0 atom stereocenters. The quantitative estimate of drug-likeness (QED) is 0.348. The molecule has 0 bridgehead atoms. The fourth-order valence-corrected chi connectivity index (χ4v) is 4.77. The lowest BCUT2D eigenvalue weighted by Gasteiger charge is -2.26. The van der Waals surface area contributed by atoms with Gasteiger partial charge in [-0.1, -0.05) is 60.4 Å². The van der Waals surface area contributed by atoms with Gasteiger partial charge in [0, 0.05) is 32.6 Å². The minimum Gasteiger partial charge on any atom is -0.379 e. The lowest BCUT2D eigenvalue weighted by molar-refractivity contribution is -0.123. The number of nitrogens with zero attached hydrogens (tertiary/aromatic N) is 2. The molecular formula is C23H29N3O3S2. The van der Waals surface area contributed by atoms with Crippen LogP contribution in [0.5, 0.6) is 0 Å². The maximum absolute atomic E-state index is 12.7. The maximum Gasteiger partial charge on any atom is 0.266 e. The number of thiocarbonyl (C=S) groups is 1. The van der Waals surface area contributed by atoms with Crippen molar-refractivity contribution in [3.05, 3.63) is 52.4 Å². The molecule has 2 saturated heterocycles. The molecule has 2 fully saturated rings. The number of hydrogen-bond donors (Lipinski definition) is 1. The Morgan fingerprint density at radius 2 is 1.97 bits per heavy atom. The number of carbonyl (C=O) groups is 2. The Balaban J connectivity index is 1.42. The van der Waals surface area contributed by atoms with Crippen LogP contribution in [0.4, 0.5) is 0 Å². The first-order valence-corrected chi connectivity index (χ1v) is 11.8. The number of morpholine rings is 1. The summed E-state index contributed by atoms with van der Waals surface area (Å²) in [5, 5.41) is 2.94. The van der Waals surface area contributed by atoms with Crippen molar-refractivity contribution < 1.29 is 14.3 Å². The Morgan fingerprint density at radius 1 is 1.23 bits per heavy atom. The van der Waals surface area contributed by atoms with Gasteiger partial charge in [0.1, 0.15) is 4.32 Å². The SMILES string of the molecule is CC(/C=C1\SC(=S)N(CCC(=O)NCCCN2CCOCC2)C1=O)=C\c1ccccc1. The molecule has 0 radical (unpaired) electrons. The second-order valence-corrected chi connectivity index (χ2v) is 9.22. The van der Waals surface area contributed by atoms with Crippen molar-refractivity contribution >= 4 is 46.2 Å². The van der Waals surface area contributed by atoms with E-state index < -0.39 is 0 Å². The van der Waals surface area contributed by atoms with E-state index in [1.54, 1.807) is 0 Å². The number of nitrogens with one attached hydrogen (secondary N) is 1. The fourth-order valence-electron chi connectivity index (χ4n) is 3.41. The molecule has 6 nitrogen and oxygen atoms in total. The molecule has 2 aliphatic rings. The van der Waals surface area contributed by atoms with Crippen LogP contribution < -0.4 is 5.32 Å². The second-order valence-electron chi connectivity index (χ2n) is 7.54. The van der Waals surface area contributed by atoms with E-state index in [4.69, 9.17) is 17.0 Å². The van der Waals surface area contributed by atoms with Gasteiger partial charge in [0.2, 0.25) is 5.91 Å². The van der Waals surface area contributed by atoms with Crippen molar-refractivity contribution in [2.24, 2.45) is 0 Å². The molecule has 1 N–H and O–H groups in total. The molecular weight excluding hydrogens is 430 g/mol. The predicted molar refractivity (Wildman–Crippen MR) is 130 cm³/mol. The van der Waals surface area contributed by atoms with Crippen molar-refractivity contribution in [1.29, 1.82) is 0 Å². The van der Waals surface area contributed by atoms with Gasteiger partial charge in [-0.15, -0.1) is 0 Å². The molecule has 2 aliphatic heterocycles. The number of hydrogen-bond acceptors (Lipinski definition) is 6. The van der Waals surface area contributed by atoms with Crippen molar-refractivity contribution in [3.8, 4) is 0 Å². The Bertz CT molecular complexity index is 849. The summed E-state index contributed by atoms with van der Waals surface area (Å²) in [5.41, 5.74) is 2.06. The molecule has 0 saturated carbocycles. The first-order chi connectivity index (χ1) is 15.0. The average molecular weight is 460 g/mol. The lowest BCUT2D eigenvalue weighted by Crippen LogP contribution is -2.38. The van der Waals surface area contributed by atoms with Gasteiger partial charge in [-0.05, 0) is 37.1 Å². The van der Waals surface area contributed by atoms with E-state index in [9.17, 15) is 9.59 Å². The topological polar surface area (TPSA) is 61.9 Å². The van der Waals surface area contributed by atoms with E-state index in [1.165, 1.54) is 16.7 Å². The zero-order valence-corrected chi connectivity index (χ0v) is 19.5. The highest BCUT2D eigenvalue weighted by atomic mass is 32.2. The highest BCUT2D eigenvalue weighted by Gasteiger charge is 2.32. The number of rotatable bonds is 9. The highest BCUT2D eigenvalue weighted by molar-refractivity contribution is 8.26. The van der Waals surface area contributed by atoms with Crippen LogP contribution in [0.2, 0.25) is 0 Å². The fraction of sp³-hybridized carbons (Fsp3) is 0.435. The standard InChI is InChI=1S/C23H29N3O3S2/c1-18(16-19-6-3-2-4-7-19)17-20-22(28)26(23(30)31-20)11-8-21(27)24-9-5-10-25-12-14-29-15-13-25/h2-4,6-7,16-17H,5,8-15H2,1H3,(H,24,27)/b18-16+,20-17-. The van der Waals surface area contributed by atoms with Crippen molar-refractivity contribution in [2.75, 3.05) is 45.9 Å². The summed E-state index contributed by atoms with van der Waals surface area (Å²) >= 11 is 6.66. The molecule has 31 heavy (non-hydrogen) atoms. The Morgan fingerprint density at radius 3 is 2.71 bits per heavy atom. The molecule has 0 unspecified atom stereocenters. The van der Waals surface area contributed by atoms with E-state index in [0.717, 1.165) is 50.4 Å². The first kappa shape index (κ1) is 23.7. The van der Waals surface area contributed by atoms with Crippen LogP contribution in [0.1, 0.15) is 25.3 Å². The van der Waals surface area contributed by atoms with Gasteiger partial charge in [0.15, 0.2) is 0 Å². The molecule has 2 amide bonds. The summed E-state index contributed by atoms with van der Waals surface area (Å²) in [4.78, 5) is 29.4. The first-order valence-electron chi connectivity index (χ1n) is 10.6. The van der Waals surface area contributed by atoms with Gasteiger partial charge in [0.05, 0.1) is 18.1 Å². The van der Waals surface area contributed by atoms with Crippen LogP contribution in [-0.4, -0.2) is 71.9 Å². The van der Waals surface area contributed by atoms with Crippen molar-refractivity contribution in [3.63, 3.8) is 0 Å². The second kappa shape index (κ2) is 12.1. The summed E-state index contributed by atoms with van der Waals surface area (Å²) in [6.07, 6.45) is 5.04. The normalized spacial score (nSPS) is 19.3. The number of carbonyl (C=O) groups excluding carboxylic acids is 2. The number of benzene rings is 1. The van der Waals surface area contributed by atoms with E-state index in [0.29, 0.717) is 22.3 Å². The number of amides is 2. The Labute approximate surface area is 193 Å². The van der Waals surface area contributed by atoms with Gasteiger partial charge in [0.25, 0.3) is 5.91 Å². The Kier molecular flexibility index (Phi) is 9.27. The molecule has 0 aromatic heterocycles. The van der Waals surface area contributed by atoms with E-state index >= 15 is 0 Å². The summed E-state index contributed by atoms with van der Waals surface area (Å²) < 4.78 is 5.84. The van der Waals surface area contributed by atoms with E-state index in [-0.39, 0.29) is 18.2 Å². The summed E-state index contributed by atoms with van der Waals surface area (Å²) in [5.74, 6) is -0.184. The van der Waals surface area contributed by atoms with Crippen LogP contribution in [-0.2, 0) is 14.3 Å². The summed E-state index contributed by atoms with van der Waals surface area (Å²) in [6.45, 7) is 7.34. The predicted octanol–water partition coefficient (Wildman–Crippen LogP) is 3.06. The molecule has 8 heteroatoms. The third kappa shape index (κ3) is 7.57. The van der Waals surface area contributed by atoms with E-state index in [2.05, 4.69) is 10.2 Å². The molecule has 0 spiro atoms. The molecule has 1 aromatic carbocycles. The number of ether oxygens (including phenoxy) is 1. The van der Waals surface area contributed by atoms with Crippen LogP contribution in [0.15, 0.2) is 46.9 Å². The summed E-state index contributed by atoms with van der Waals surface area (Å²) in [6, 6.07) is 9.96. The van der Waals surface area contributed by atoms with Gasteiger partial charge < -0.3 is 10.1 Å². The number of allylic oxidation sites excluding steroid dienone is 2. The van der Waals surface area contributed by atoms with Crippen LogP contribution in [0.25, 0.3) is 6.08 Å². The maximum atomic E-state index is 12.7. The lowest BCUT2D eigenvalue weighted by atomic mass is 10.1. The van der Waals surface area contributed by atoms with Gasteiger partial charge >= 0.3 is 0 Å².